The Morgan fingerprint density at radius 2 is 1.50 bits per heavy atom. The Bertz CT molecular complexity index is 338. The summed E-state index contributed by atoms with van der Waals surface area (Å²) in [5.74, 6) is 0.471. The van der Waals surface area contributed by atoms with Crippen LogP contribution in [0, 0.1) is 16.7 Å². The van der Waals surface area contributed by atoms with Crippen LogP contribution in [0.3, 0.4) is 0 Å². The van der Waals surface area contributed by atoms with Crippen molar-refractivity contribution in [3.05, 3.63) is 0 Å². The molecule has 0 aromatic heterocycles. The number of hydrogen-bond acceptors (Lipinski definition) is 2. The van der Waals surface area contributed by atoms with Gasteiger partial charge in [-0.05, 0) is 55.8 Å². The van der Waals surface area contributed by atoms with Crippen LogP contribution in [0.15, 0.2) is 0 Å². The van der Waals surface area contributed by atoms with Crippen LogP contribution in [0.4, 0.5) is 0 Å². The van der Waals surface area contributed by atoms with Gasteiger partial charge in [0.05, 0.1) is 0 Å². The van der Waals surface area contributed by atoms with E-state index in [2.05, 4.69) is 33.0 Å². The SMILES string of the molecule is CC1(C)CC(NC(=O)C2CCC(N)CC2)CC(C)(C)C1. The highest BCUT2D eigenvalue weighted by molar-refractivity contribution is 5.79. The first kappa shape index (κ1) is 15.8. The quantitative estimate of drug-likeness (QED) is 0.816. The maximum atomic E-state index is 12.4. The first-order valence-corrected chi connectivity index (χ1v) is 8.23. The molecule has 2 fully saturated rings. The van der Waals surface area contributed by atoms with Crippen molar-refractivity contribution in [1.29, 1.82) is 0 Å². The highest BCUT2D eigenvalue weighted by Gasteiger charge is 2.39. The predicted octanol–water partition coefficient (Wildman–Crippen LogP) is 3.23. The first-order chi connectivity index (χ1) is 9.17. The van der Waals surface area contributed by atoms with E-state index < -0.39 is 0 Å². The highest BCUT2D eigenvalue weighted by atomic mass is 16.1. The maximum Gasteiger partial charge on any atom is 0.223 e. The second-order valence-electron chi connectivity index (χ2n) is 8.73. The molecule has 20 heavy (non-hydrogen) atoms. The Morgan fingerprint density at radius 1 is 1.00 bits per heavy atom. The van der Waals surface area contributed by atoms with E-state index in [1.54, 1.807) is 0 Å². The van der Waals surface area contributed by atoms with Crippen LogP contribution >= 0.6 is 0 Å². The van der Waals surface area contributed by atoms with Gasteiger partial charge in [0.25, 0.3) is 0 Å². The zero-order valence-corrected chi connectivity index (χ0v) is 13.7. The Kier molecular flexibility index (Phi) is 4.48. The van der Waals surface area contributed by atoms with Gasteiger partial charge in [-0.1, -0.05) is 27.7 Å². The van der Waals surface area contributed by atoms with Crippen molar-refractivity contribution < 1.29 is 4.79 Å². The lowest BCUT2D eigenvalue weighted by molar-refractivity contribution is -0.127. The molecule has 0 saturated heterocycles. The van der Waals surface area contributed by atoms with Crippen molar-refractivity contribution >= 4 is 5.91 Å². The molecule has 0 atom stereocenters. The summed E-state index contributed by atoms with van der Waals surface area (Å²) in [4.78, 5) is 12.4. The van der Waals surface area contributed by atoms with E-state index in [-0.39, 0.29) is 11.8 Å². The molecule has 0 spiro atoms. The number of nitrogens with two attached hydrogens (primary N) is 1. The minimum absolute atomic E-state index is 0.197. The van der Waals surface area contributed by atoms with Gasteiger partial charge in [-0.2, -0.15) is 0 Å². The Labute approximate surface area is 124 Å². The molecule has 0 aliphatic heterocycles. The molecule has 3 heteroatoms. The summed E-state index contributed by atoms with van der Waals surface area (Å²) in [5.41, 5.74) is 6.58. The molecule has 3 nitrogen and oxygen atoms in total. The molecule has 0 bridgehead atoms. The van der Waals surface area contributed by atoms with Gasteiger partial charge in [0.2, 0.25) is 5.91 Å². The molecule has 0 heterocycles. The molecule has 0 aromatic rings. The number of amides is 1. The van der Waals surface area contributed by atoms with Gasteiger partial charge in [0, 0.05) is 18.0 Å². The Morgan fingerprint density at radius 3 is 2.00 bits per heavy atom. The average molecular weight is 280 g/mol. The number of nitrogens with one attached hydrogen (secondary N) is 1. The standard InChI is InChI=1S/C17H32N2O/c1-16(2)9-14(10-17(3,4)11-16)19-15(20)12-5-7-13(18)8-6-12/h12-14H,5-11,18H2,1-4H3,(H,19,20). The lowest BCUT2D eigenvalue weighted by atomic mass is 9.63. The van der Waals surface area contributed by atoms with Crippen molar-refractivity contribution in [3.63, 3.8) is 0 Å². The van der Waals surface area contributed by atoms with Gasteiger partial charge in [-0.25, -0.2) is 0 Å². The third-order valence-electron chi connectivity index (χ3n) is 5.04. The van der Waals surface area contributed by atoms with Crippen LogP contribution in [0.1, 0.15) is 72.6 Å². The van der Waals surface area contributed by atoms with Gasteiger partial charge in [0.1, 0.15) is 0 Å². The lowest BCUT2D eigenvalue weighted by Crippen LogP contribution is -2.48. The van der Waals surface area contributed by atoms with Gasteiger partial charge < -0.3 is 11.1 Å². The fourth-order valence-corrected chi connectivity index (χ4v) is 4.65. The average Bonchev–Trinajstić information content (AvgIpc) is 2.25. The van der Waals surface area contributed by atoms with Crippen LogP contribution < -0.4 is 11.1 Å². The second-order valence-corrected chi connectivity index (χ2v) is 8.73. The normalized spacial score (nSPS) is 33.6. The van der Waals surface area contributed by atoms with E-state index in [0.29, 0.717) is 22.9 Å². The summed E-state index contributed by atoms with van der Waals surface area (Å²) in [5, 5.41) is 3.33. The number of carbonyl (C=O) groups is 1. The van der Waals surface area contributed by atoms with Crippen LogP contribution in [0.5, 0.6) is 0 Å². The zero-order chi connectivity index (χ0) is 15.0. The molecule has 0 unspecified atom stereocenters. The van der Waals surface area contributed by atoms with Crippen molar-refractivity contribution in [2.75, 3.05) is 0 Å². The monoisotopic (exact) mass is 280 g/mol. The summed E-state index contributed by atoms with van der Waals surface area (Å²) in [7, 11) is 0. The minimum Gasteiger partial charge on any atom is -0.353 e. The molecule has 2 rings (SSSR count). The first-order valence-electron chi connectivity index (χ1n) is 8.23. The van der Waals surface area contributed by atoms with Crippen molar-refractivity contribution in [1.82, 2.24) is 5.32 Å². The fourth-order valence-electron chi connectivity index (χ4n) is 4.65. The molecule has 2 aliphatic rings. The van der Waals surface area contributed by atoms with E-state index >= 15 is 0 Å². The maximum absolute atomic E-state index is 12.4. The third-order valence-corrected chi connectivity index (χ3v) is 5.04. The van der Waals surface area contributed by atoms with E-state index in [0.717, 1.165) is 38.5 Å². The molecule has 0 aromatic carbocycles. The highest BCUT2D eigenvalue weighted by Crippen LogP contribution is 2.45. The van der Waals surface area contributed by atoms with Crippen LogP contribution in [0.2, 0.25) is 0 Å². The summed E-state index contributed by atoms with van der Waals surface area (Å²) in [6.45, 7) is 9.30. The molecule has 3 N–H and O–H groups in total. The minimum atomic E-state index is 0.197. The smallest absolute Gasteiger partial charge is 0.223 e. The lowest BCUT2D eigenvalue weighted by Gasteiger charge is -2.45. The van der Waals surface area contributed by atoms with Crippen LogP contribution in [-0.4, -0.2) is 18.0 Å². The van der Waals surface area contributed by atoms with Crippen LogP contribution in [-0.2, 0) is 4.79 Å². The Balaban J connectivity index is 1.90. The van der Waals surface area contributed by atoms with Crippen molar-refractivity contribution in [2.45, 2.75) is 84.7 Å². The molecule has 2 saturated carbocycles. The summed E-state index contributed by atoms with van der Waals surface area (Å²) < 4.78 is 0. The molecular formula is C17H32N2O. The number of carbonyl (C=O) groups excluding carboxylic acids is 1. The summed E-state index contributed by atoms with van der Waals surface area (Å²) >= 11 is 0. The van der Waals surface area contributed by atoms with Gasteiger partial charge in [-0.15, -0.1) is 0 Å². The summed E-state index contributed by atoms with van der Waals surface area (Å²) in [6, 6.07) is 0.656. The van der Waals surface area contributed by atoms with E-state index in [1.165, 1.54) is 6.42 Å². The van der Waals surface area contributed by atoms with Gasteiger partial charge in [0.15, 0.2) is 0 Å². The number of hydrogen-bond donors (Lipinski definition) is 2. The largest absolute Gasteiger partial charge is 0.353 e. The van der Waals surface area contributed by atoms with Crippen molar-refractivity contribution in [2.24, 2.45) is 22.5 Å². The van der Waals surface area contributed by atoms with Crippen molar-refractivity contribution in [3.8, 4) is 0 Å². The van der Waals surface area contributed by atoms with Gasteiger partial charge in [-0.3, -0.25) is 4.79 Å². The predicted molar refractivity (Wildman–Crippen MR) is 83.3 cm³/mol. The third kappa shape index (κ3) is 4.21. The zero-order valence-electron chi connectivity index (χ0n) is 13.7. The molecule has 2 aliphatic carbocycles. The van der Waals surface area contributed by atoms with Gasteiger partial charge >= 0.3 is 0 Å². The molecule has 0 radical (unpaired) electrons. The number of rotatable bonds is 2. The molecule has 1 amide bonds. The topological polar surface area (TPSA) is 55.1 Å². The fraction of sp³-hybridized carbons (Fsp3) is 0.941. The van der Waals surface area contributed by atoms with E-state index in [9.17, 15) is 4.79 Å². The Hall–Kier alpha value is -0.570. The van der Waals surface area contributed by atoms with Crippen LogP contribution in [0.25, 0.3) is 0 Å². The molecular weight excluding hydrogens is 248 g/mol. The molecule has 116 valence electrons. The second kappa shape index (κ2) is 5.67. The van der Waals surface area contributed by atoms with E-state index in [4.69, 9.17) is 5.73 Å². The van der Waals surface area contributed by atoms with E-state index in [1.807, 2.05) is 0 Å². The summed E-state index contributed by atoms with van der Waals surface area (Å²) in [6.07, 6.45) is 7.38.